The summed E-state index contributed by atoms with van der Waals surface area (Å²) < 4.78 is 12.3. The highest BCUT2D eigenvalue weighted by molar-refractivity contribution is 5.88. The van der Waals surface area contributed by atoms with Crippen molar-refractivity contribution in [1.29, 1.82) is 0 Å². The van der Waals surface area contributed by atoms with E-state index in [4.69, 9.17) is 9.15 Å². The molecule has 33 heavy (non-hydrogen) atoms. The lowest BCUT2D eigenvalue weighted by atomic mass is 10.0. The van der Waals surface area contributed by atoms with E-state index in [1.165, 1.54) is 6.20 Å². The molecule has 1 aliphatic rings. The van der Waals surface area contributed by atoms with Crippen molar-refractivity contribution in [2.75, 3.05) is 25.5 Å². The maximum atomic E-state index is 12.7. The SMILES string of the molecule is COc1cccc(-c2cnc(NC(=O)N3CCC(n4c(=O)oc5ccccc54)CC3)cn2)c1. The predicted molar refractivity (Wildman–Crippen MR) is 123 cm³/mol. The van der Waals surface area contributed by atoms with Gasteiger partial charge in [0.05, 0.1) is 30.7 Å². The molecule has 5 rings (SSSR count). The first-order valence-corrected chi connectivity index (χ1v) is 10.7. The number of oxazole rings is 1. The van der Waals surface area contributed by atoms with E-state index >= 15 is 0 Å². The number of hydrogen-bond donors (Lipinski definition) is 1. The van der Waals surface area contributed by atoms with Gasteiger partial charge in [0.2, 0.25) is 0 Å². The monoisotopic (exact) mass is 445 g/mol. The van der Waals surface area contributed by atoms with Crippen LogP contribution in [0.25, 0.3) is 22.4 Å². The molecule has 1 aliphatic heterocycles. The number of anilines is 1. The normalized spacial score (nSPS) is 14.4. The summed E-state index contributed by atoms with van der Waals surface area (Å²) in [5, 5.41) is 2.81. The Hall–Kier alpha value is -4.14. The number of nitrogens with zero attached hydrogens (tertiary/aromatic N) is 4. The summed E-state index contributed by atoms with van der Waals surface area (Å²) in [6, 6.07) is 14.7. The number of para-hydroxylation sites is 2. The number of hydrogen-bond acceptors (Lipinski definition) is 6. The maximum Gasteiger partial charge on any atom is 0.420 e. The fourth-order valence-electron chi connectivity index (χ4n) is 4.17. The van der Waals surface area contributed by atoms with Crippen LogP contribution in [-0.2, 0) is 0 Å². The van der Waals surface area contributed by atoms with Gasteiger partial charge in [0.25, 0.3) is 0 Å². The Balaban J connectivity index is 1.22. The average Bonchev–Trinajstić information content (AvgIpc) is 3.20. The van der Waals surface area contributed by atoms with Gasteiger partial charge in [0.15, 0.2) is 11.4 Å². The fourth-order valence-corrected chi connectivity index (χ4v) is 4.17. The Bertz CT molecular complexity index is 1340. The second-order valence-electron chi connectivity index (χ2n) is 7.87. The van der Waals surface area contributed by atoms with Crippen LogP contribution in [0.15, 0.2) is 70.1 Å². The van der Waals surface area contributed by atoms with Gasteiger partial charge in [-0.1, -0.05) is 24.3 Å². The van der Waals surface area contributed by atoms with E-state index in [0.29, 0.717) is 43.0 Å². The minimum absolute atomic E-state index is 0.00728. The lowest BCUT2D eigenvalue weighted by Gasteiger charge is -2.32. The van der Waals surface area contributed by atoms with Crippen LogP contribution in [0, 0.1) is 0 Å². The quantitative estimate of drug-likeness (QED) is 0.511. The average molecular weight is 445 g/mol. The highest BCUT2D eigenvalue weighted by Gasteiger charge is 2.27. The number of nitrogens with one attached hydrogen (secondary N) is 1. The van der Waals surface area contributed by atoms with Crippen LogP contribution in [0.3, 0.4) is 0 Å². The summed E-state index contributed by atoms with van der Waals surface area (Å²) in [4.78, 5) is 35.5. The van der Waals surface area contributed by atoms with Crippen molar-refractivity contribution in [3.05, 3.63) is 71.5 Å². The first kappa shape index (κ1) is 20.7. The number of likely N-dealkylation sites (tertiary alicyclic amines) is 1. The van der Waals surface area contributed by atoms with Crippen LogP contribution in [0.1, 0.15) is 18.9 Å². The number of aromatic nitrogens is 3. The number of amides is 2. The molecule has 0 aliphatic carbocycles. The number of ether oxygens (including phenoxy) is 1. The van der Waals surface area contributed by atoms with Crippen molar-refractivity contribution in [3.8, 4) is 17.0 Å². The molecule has 1 saturated heterocycles. The molecular weight excluding hydrogens is 422 g/mol. The number of urea groups is 1. The number of benzene rings is 2. The topological polar surface area (TPSA) is 102 Å². The highest BCUT2D eigenvalue weighted by atomic mass is 16.5. The molecule has 9 nitrogen and oxygen atoms in total. The standard InChI is InChI=1S/C24H23N5O4/c1-32-18-6-4-5-16(13-18)19-14-26-22(15-25-19)27-23(30)28-11-9-17(10-12-28)29-20-7-2-3-8-21(20)33-24(29)31/h2-8,13-15,17H,9-12H2,1H3,(H,26,27,30). The molecule has 1 fully saturated rings. The summed E-state index contributed by atoms with van der Waals surface area (Å²) in [5.41, 5.74) is 2.93. The Morgan fingerprint density at radius 2 is 1.91 bits per heavy atom. The van der Waals surface area contributed by atoms with Gasteiger partial charge in [-0.25, -0.2) is 14.6 Å². The predicted octanol–water partition coefficient (Wildman–Crippen LogP) is 3.93. The first-order valence-electron chi connectivity index (χ1n) is 10.7. The molecule has 2 amide bonds. The van der Waals surface area contributed by atoms with Gasteiger partial charge in [-0.3, -0.25) is 14.9 Å². The van der Waals surface area contributed by atoms with Crippen LogP contribution >= 0.6 is 0 Å². The maximum absolute atomic E-state index is 12.7. The van der Waals surface area contributed by atoms with Gasteiger partial charge in [-0.05, 0) is 37.1 Å². The Labute approximate surface area is 189 Å². The highest BCUT2D eigenvalue weighted by Crippen LogP contribution is 2.26. The molecule has 0 spiro atoms. The summed E-state index contributed by atoms with van der Waals surface area (Å²) in [6.45, 7) is 1.05. The van der Waals surface area contributed by atoms with Gasteiger partial charge < -0.3 is 14.1 Å². The number of carbonyl (C=O) groups excluding carboxylic acids is 1. The summed E-state index contributed by atoms with van der Waals surface area (Å²) in [7, 11) is 1.61. The van der Waals surface area contributed by atoms with Gasteiger partial charge in [0, 0.05) is 24.7 Å². The van der Waals surface area contributed by atoms with E-state index in [1.54, 1.807) is 28.8 Å². The van der Waals surface area contributed by atoms with E-state index in [2.05, 4.69) is 15.3 Å². The molecule has 2 aromatic heterocycles. The van der Waals surface area contributed by atoms with E-state index in [1.807, 2.05) is 42.5 Å². The minimum Gasteiger partial charge on any atom is -0.497 e. The van der Waals surface area contributed by atoms with Crippen LogP contribution in [0.2, 0.25) is 0 Å². The second kappa shape index (κ2) is 8.78. The molecule has 0 atom stereocenters. The van der Waals surface area contributed by atoms with Crippen molar-refractivity contribution in [2.24, 2.45) is 0 Å². The largest absolute Gasteiger partial charge is 0.497 e. The Morgan fingerprint density at radius 1 is 1.09 bits per heavy atom. The lowest BCUT2D eigenvalue weighted by Crippen LogP contribution is -2.42. The molecule has 2 aromatic carbocycles. The van der Waals surface area contributed by atoms with Crippen LogP contribution in [0.4, 0.5) is 10.6 Å². The van der Waals surface area contributed by atoms with Crippen LogP contribution in [0.5, 0.6) is 5.75 Å². The lowest BCUT2D eigenvalue weighted by molar-refractivity contribution is 0.182. The van der Waals surface area contributed by atoms with E-state index in [9.17, 15) is 9.59 Å². The van der Waals surface area contributed by atoms with Crippen molar-refractivity contribution < 1.29 is 13.9 Å². The summed E-state index contributed by atoms with van der Waals surface area (Å²) in [6.07, 6.45) is 4.48. The van der Waals surface area contributed by atoms with E-state index in [0.717, 1.165) is 16.8 Å². The molecule has 1 N–H and O–H groups in total. The number of carbonyl (C=O) groups is 1. The van der Waals surface area contributed by atoms with E-state index in [-0.39, 0.29) is 17.8 Å². The molecule has 4 aromatic rings. The second-order valence-corrected chi connectivity index (χ2v) is 7.87. The minimum atomic E-state index is -0.356. The molecule has 0 radical (unpaired) electrons. The molecule has 0 saturated carbocycles. The number of fused-ring (bicyclic) bond motifs is 1. The molecule has 0 bridgehead atoms. The third-order valence-corrected chi connectivity index (χ3v) is 5.89. The number of piperidine rings is 1. The molecule has 9 heteroatoms. The molecule has 3 heterocycles. The third kappa shape index (κ3) is 4.17. The van der Waals surface area contributed by atoms with Gasteiger partial charge in [-0.15, -0.1) is 0 Å². The first-order chi connectivity index (χ1) is 16.1. The van der Waals surface area contributed by atoms with Crippen LogP contribution in [-0.4, -0.2) is 45.7 Å². The number of rotatable bonds is 4. The Kier molecular flexibility index (Phi) is 5.52. The zero-order valence-corrected chi connectivity index (χ0v) is 18.1. The van der Waals surface area contributed by atoms with Crippen molar-refractivity contribution in [1.82, 2.24) is 19.4 Å². The van der Waals surface area contributed by atoms with Crippen molar-refractivity contribution >= 4 is 22.9 Å². The van der Waals surface area contributed by atoms with Gasteiger partial charge in [0.1, 0.15) is 5.75 Å². The van der Waals surface area contributed by atoms with Gasteiger partial charge >= 0.3 is 11.8 Å². The number of methoxy groups -OCH3 is 1. The summed E-state index contributed by atoms with van der Waals surface area (Å²) in [5.74, 6) is 0.761. The third-order valence-electron chi connectivity index (χ3n) is 5.89. The van der Waals surface area contributed by atoms with Crippen molar-refractivity contribution in [2.45, 2.75) is 18.9 Å². The molecule has 168 valence electrons. The van der Waals surface area contributed by atoms with Crippen molar-refractivity contribution in [3.63, 3.8) is 0 Å². The fraction of sp³-hybridized carbons (Fsp3) is 0.250. The molecule has 0 unspecified atom stereocenters. The zero-order chi connectivity index (χ0) is 22.8. The summed E-state index contributed by atoms with van der Waals surface area (Å²) >= 11 is 0. The van der Waals surface area contributed by atoms with E-state index < -0.39 is 0 Å². The smallest absolute Gasteiger partial charge is 0.420 e. The Morgan fingerprint density at radius 3 is 2.67 bits per heavy atom. The van der Waals surface area contributed by atoms with Gasteiger partial charge in [-0.2, -0.15) is 0 Å². The molecular formula is C24H23N5O4. The zero-order valence-electron chi connectivity index (χ0n) is 18.1. The van der Waals surface area contributed by atoms with Crippen LogP contribution < -0.4 is 15.8 Å².